The fraction of sp³-hybridized carbons (Fsp3) is 0.500. The van der Waals surface area contributed by atoms with Crippen LogP contribution in [-0.2, 0) is 0 Å². The average molecular weight is 352 g/mol. The lowest BCUT2D eigenvalue weighted by atomic mass is 9.93. The van der Waals surface area contributed by atoms with Crippen LogP contribution in [0.4, 0.5) is 5.69 Å². The second-order valence-corrected chi connectivity index (χ2v) is 5.87. The van der Waals surface area contributed by atoms with Crippen LogP contribution in [0.5, 0.6) is 0 Å². The lowest BCUT2D eigenvalue weighted by molar-refractivity contribution is 0.126. The van der Waals surface area contributed by atoms with E-state index >= 15 is 0 Å². The molecule has 2 nitrogen and oxygen atoms in total. The second-order valence-electron chi connectivity index (χ2n) is 4.27. The summed E-state index contributed by atoms with van der Waals surface area (Å²) in [7, 11) is 0. The maximum atomic E-state index is 9.44. The van der Waals surface area contributed by atoms with Crippen LogP contribution in [0, 0.1) is 3.57 Å². The van der Waals surface area contributed by atoms with E-state index in [1.165, 1.54) is 0 Å². The lowest BCUT2D eigenvalue weighted by Crippen LogP contribution is -2.28. The van der Waals surface area contributed by atoms with Gasteiger partial charge in [0.05, 0.1) is 6.10 Å². The van der Waals surface area contributed by atoms with Gasteiger partial charge in [-0.2, -0.15) is 0 Å². The summed E-state index contributed by atoms with van der Waals surface area (Å²) < 4.78 is 1.15. The Balaban J connectivity index is 1.98. The molecule has 1 fully saturated rings. The maximum Gasteiger partial charge on any atom is 0.0541 e. The molecular formula is C12H15ClINO. The highest BCUT2D eigenvalue weighted by Gasteiger charge is 2.19. The summed E-state index contributed by atoms with van der Waals surface area (Å²) in [4.78, 5) is 0. The molecule has 1 aromatic carbocycles. The van der Waals surface area contributed by atoms with Crippen molar-refractivity contribution in [1.29, 1.82) is 0 Å². The maximum absolute atomic E-state index is 9.44. The molecule has 1 aromatic rings. The number of aliphatic hydroxyl groups excluding tert-OH is 1. The van der Waals surface area contributed by atoms with Crippen molar-refractivity contribution in [3.63, 3.8) is 0 Å². The largest absolute Gasteiger partial charge is 0.393 e. The zero-order valence-electron chi connectivity index (χ0n) is 8.92. The predicted octanol–water partition coefficient (Wildman–Crippen LogP) is 3.66. The van der Waals surface area contributed by atoms with Gasteiger partial charge in [-0.3, -0.25) is 0 Å². The van der Waals surface area contributed by atoms with Crippen molar-refractivity contribution in [2.24, 2.45) is 0 Å². The average Bonchev–Trinajstić information content (AvgIpc) is 2.25. The van der Waals surface area contributed by atoms with Gasteiger partial charge in [-0.05, 0) is 66.5 Å². The summed E-state index contributed by atoms with van der Waals surface area (Å²) in [5.41, 5.74) is 1.14. The molecule has 0 unspecified atom stereocenters. The summed E-state index contributed by atoms with van der Waals surface area (Å²) in [6.45, 7) is 0. The first kappa shape index (κ1) is 12.5. The molecule has 4 heteroatoms. The Hall–Kier alpha value is -0.000000000000000111. The van der Waals surface area contributed by atoms with Gasteiger partial charge in [-0.1, -0.05) is 11.6 Å². The Kier molecular flexibility index (Phi) is 4.33. The van der Waals surface area contributed by atoms with E-state index in [0.29, 0.717) is 6.04 Å². The van der Waals surface area contributed by atoms with Crippen LogP contribution in [-0.4, -0.2) is 17.3 Å². The molecule has 16 heavy (non-hydrogen) atoms. The predicted molar refractivity (Wildman–Crippen MR) is 76.1 cm³/mol. The standard InChI is InChI=1S/C12H15ClINO/c13-8-1-6-12(11(14)7-8)15-9-2-4-10(16)5-3-9/h1,6-7,9-10,15-16H,2-5H2. The van der Waals surface area contributed by atoms with Crippen LogP contribution >= 0.6 is 34.2 Å². The molecule has 0 bridgehead atoms. The van der Waals surface area contributed by atoms with E-state index in [1.54, 1.807) is 0 Å². The first-order valence-electron chi connectivity index (χ1n) is 5.55. The fourth-order valence-corrected chi connectivity index (χ4v) is 3.07. The molecule has 0 atom stereocenters. The molecular weight excluding hydrogens is 336 g/mol. The molecule has 1 aliphatic carbocycles. The quantitative estimate of drug-likeness (QED) is 0.797. The second kappa shape index (κ2) is 5.56. The number of hydrogen-bond acceptors (Lipinski definition) is 2. The van der Waals surface area contributed by atoms with Gasteiger partial charge >= 0.3 is 0 Å². The monoisotopic (exact) mass is 351 g/mol. The van der Waals surface area contributed by atoms with Crippen LogP contribution < -0.4 is 5.32 Å². The number of halogens is 2. The number of hydrogen-bond donors (Lipinski definition) is 2. The third-order valence-electron chi connectivity index (χ3n) is 2.99. The topological polar surface area (TPSA) is 32.3 Å². The van der Waals surface area contributed by atoms with E-state index in [-0.39, 0.29) is 6.10 Å². The smallest absolute Gasteiger partial charge is 0.0541 e. The molecule has 1 saturated carbocycles. The Morgan fingerprint density at radius 1 is 1.25 bits per heavy atom. The summed E-state index contributed by atoms with van der Waals surface area (Å²) in [6, 6.07) is 6.37. The number of benzene rings is 1. The van der Waals surface area contributed by atoms with Gasteiger partial charge in [0.15, 0.2) is 0 Å². The Morgan fingerprint density at radius 2 is 1.94 bits per heavy atom. The van der Waals surface area contributed by atoms with Crippen LogP contribution in [0.1, 0.15) is 25.7 Å². The summed E-state index contributed by atoms with van der Waals surface area (Å²) in [5, 5.41) is 13.7. The van der Waals surface area contributed by atoms with E-state index in [9.17, 15) is 5.11 Å². The highest BCUT2D eigenvalue weighted by atomic mass is 127. The van der Waals surface area contributed by atoms with Crippen molar-refractivity contribution < 1.29 is 5.11 Å². The Bertz CT molecular complexity index is 364. The molecule has 2 rings (SSSR count). The van der Waals surface area contributed by atoms with Gasteiger partial charge < -0.3 is 10.4 Å². The van der Waals surface area contributed by atoms with Crippen LogP contribution in [0.2, 0.25) is 5.02 Å². The summed E-state index contributed by atoms with van der Waals surface area (Å²) >= 11 is 8.20. The van der Waals surface area contributed by atoms with Crippen molar-refractivity contribution in [3.8, 4) is 0 Å². The van der Waals surface area contributed by atoms with Gasteiger partial charge in [-0.15, -0.1) is 0 Å². The van der Waals surface area contributed by atoms with Gasteiger partial charge in [-0.25, -0.2) is 0 Å². The minimum Gasteiger partial charge on any atom is -0.393 e. The van der Waals surface area contributed by atoms with Crippen LogP contribution in [0.3, 0.4) is 0 Å². The molecule has 1 aliphatic rings. The number of rotatable bonds is 2. The van der Waals surface area contributed by atoms with E-state index < -0.39 is 0 Å². The highest BCUT2D eigenvalue weighted by Crippen LogP contribution is 2.26. The number of aliphatic hydroxyl groups is 1. The molecule has 88 valence electrons. The lowest BCUT2D eigenvalue weighted by Gasteiger charge is -2.27. The normalized spacial score (nSPS) is 25.4. The highest BCUT2D eigenvalue weighted by molar-refractivity contribution is 14.1. The van der Waals surface area contributed by atoms with E-state index in [4.69, 9.17) is 11.6 Å². The molecule has 0 aliphatic heterocycles. The third kappa shape index (κ3) is 3.25. The third-order valence-corrected chi connectivity index (χ3v) is 4.12. The molecule has 0 amide bonds. The first-order chi connectivity index (χ1) is 7.65. The number of nitrogens with one attached hydrogen (secondary N) is 1. The van der Waals surface area contributed by atoms with Gasteiger partial charge in [0, 0.05) is 20.3 Å². The number of anilines is 1. The van der Waals surface area contributed by atoms with Crippen LogP contribution in [0.25, 0.3) is 0 Å². The van der Waals surface area contributed by atoms with Crippen molar-refractivity contribution in [3.05, 3.63) is 26.8 Å². The summed E-state index contributed by atoms with van der Waals surface area (Å²) in [5.74, 6) is 0. The van der Waals surface area contributed by atoms with Gasteiger partial charge in [0.1, 0.15) is 0 Å². The molecule has 0 aromatic heterocycles. The van der Waals surface area contributed by atoms with Crippen molar-refractivity contribution in [2.75, 3.05) is 5.32 Å². The molecule has 2 N–H and O–H groups in total. The molecule has 0 radical (unpaired) electrons. The van der Waals surface area contributed by atoms with Crippen molar-refractivity contribution >= 4 is 39.9 Å². The first-order valence-corrected chi connectivity index (χ1v) is 7.00. The van der Waals surface area contributed by atoms with E-state index in [1.807, 2.05) is 18.2 Å². The van der Waals surface area contributed by atoms with Gasteiger partial charge in [0.2, 0.25) is 0 Å². The molecule has 0 spiro atoms. The van der Waals surface area contributed by atoms with Crippen LogP contribution in [0.15, 0.2) is 18.2 Å². The minimum absolute atomic E-state index is 0.0951. The fourth-order valence-electron chi connectivity index (χ4n) is 2.05. The van der Waals surface area contributed by atoms with Crippen molar-refractivity contribution in [1.82, 2.24) is 0 Å². The Labute approximate surface area is 115 Å². The SMILES string of the molecule is OC1CCC(Nc2ccc(Cl)cc2I)CC1. The molecule has 0 saturated heterocycles. The van der Waals surface area contributed by atoms with E-state index in [0.717, 1.165) is 40.0 Å². The summed E-state index contributed by atoms with van der Waals surface area (Å²) in [6.07, 6.45) is 3.80. The van der Waals surface area contributed by atoms with Gasteiger partial charge in [0.25, 0.3) is 0 Å². The molecule has 0 heterocycles. The zero-order chi connectivity index (χ0) is 11.5. The van der Waals surface area contributed by atoms with E-state index in [2.05, 4.69) is 27.9 Å². The van der Waals surface area contributed by atoms with Crippen molar-refractivity contribution in [2.45, 2.75) is 37.8 Å². The Morgan fingerprint density at radius 3 is 2.56 bits per heavy atom. The minimum atomic E-state index is -0.0951. The zero-order valence-corrected chi connectivity index (χ0v) is 11.8.